The molecule has 0 spiro atoms. The Morgan fingerprint density at radius 2 is 1.40 bits per heavy atom. The zero-order valence-corrected chi connectivity index (χ0v) is 14.5. The zero-order chi connectivity index (χ0) is 17.2. The molecule has 0 aliphatic heterocycles. The SMILES string of the molecule is Cc1cc(-n2[c-][n+](-c3ccccc3)cc2)cc(C)c1-c1ccccc1. The molecule has 0 N–H and O–H groups in total. The second-order valence-corrected chi connectivity index (χ2v) is 6.29. The molecule has 122 valence electrons. The zero-order valence-electron chi connectivity index (χ0n) is 14.5. The molecule has 0 aliphatic rings. The third kappa shape index (κ3) is 2.99. The lowest BCUT2D eigenvalue weighted by Crippen LogP contribution is -2.27. The molecule has 0 radical (unpaired) electrons. The van der Waals surface area contributed by atoms with Crippen molar-refractivity contribution < 1.29 is 4.57 Å². The normalized spacial score (nSPS) is 10.8. The summed E-state index contributed by atoms with van der Waals surface area (Å²) in [6, 6.07) is 25.3. The molecule has 3 aromatic carbocycles. The van der Waals surface area contributed by atoms with Crippen molar-refractivity contribution in [3.63, 3.8) is 0 Å². The van der Waals surface area contributed by atoms with Crippen LogP contribution in [0.5, 0.6) is 0 Å². The van der Waals surface area contributed by atoms with E-state index in [9.17, 15) is 0 Å². The van der Waals surface area contributed by atoms with E-state index in [1.165, 1.54) is 22.3 Å². The van der Waals surface area contributed by atoms with E-state index < -0.39 is 0 Å². The Balaban J connectivity index is 1.74. The molecule has 0 aliphatic carbocycles. The number of hydrogen-bond donors (Lipinski definition) is 0. The van der Waals surface area contributed by atoms with Gasteiger partial charge < -0.3 is 0 Å². The summed E-state index contributed by atoms with van der Waals surface area (Å²) >= 11 is 0. The molecule has 2 nitrogen and oxygen atoms in total. The average Bonchev–Trinajstić information content (AvgIpc) is 3.13. The smallest absolute Gasteiger partial charge is 0.268 e. The van der Waals surface area contributed by atoms with Crippen molar-refractivity contribution in [1.29, 1.82) is 0 Å². The summed E-state index contributed by atoms with van der Waals surface area (Å²) < 4.78 is 4.05. The van der Waals surface area contributed by atoms with Crippen LogP contribution in [0.3, 0.4) is 0 Å². The van der Waals surface area contributed by atoms with Crippen LogP contribution in [0.25, 0.3) is 22.5 Å². The second kappa shape index (κ2) is 6.40. The number of aryl methyl sites for hydroxylation is 2. The van der Waals surface area contributed by atoms with E-state index in [-0.39, 0.29) is 0 Å². The lowest BCUT2D eigenvalue weighted by atomic mass is 9.95. The van der Waals surface area contributed by atoms with Gasteiger partial charge in [0.05, 0.1) is 11.4 Å². The Morgan fingerprint density at radius 3 is 2.04 bits per heavy atom. The fourth-order valence-corrected chi connectivity index (χ4v) is 3.33. The van der Waals surface area contributed by atoms with Crippen LogP contribution in [-0.2, 0) is 0 Å². The van der Waals surface area contributed by atoms with Crippen molar-refractivity contribution in [2.75, 3.05) is 0 Å². The van der Waals surface area contributed by atoms with Gasteiger partial charge >= 0.3 is 0 Å². The van der Waals surface area contributed by atoms with Gasteiger partial charge in [-0.05, 0) is 60.4 Å². The topological polar surface area (TPSA) is 8.81 Å². The maximum absolute atomic E-state index is 3.39. The first kappa shape index (κ1) is 15.4. The van der Waals surface area contributed by atoms with Crippen LogP contribution >= 0.6 is 0 Å². The van der Waals surface area contributed by atoms with Gasteiger partial charge in [0.2, 0.25) is 0 Å². The van der Waals surface area contributed by atoms with E-state index >= 15 is 0 Å². The van der Waals surface area contributed by atoms with Gasteiger partial charge in [-0.15, -0.1) is 0 Å². The molecule has 0 amide bonds. The highest BCUT2D eigenvalue weighted by Gasteiger charge is 2.09. The number of benzene rings is 3. The molecule has 0 atom stereocenters. The fourth-order valence-electron chi connectivity index (χ4n) is 3.33. The summed E-state index contributed by atoms with van der Waals surface area (Å²) in [6.07, 6.45) is 7.47. The predicted molar refractivity (Wildman–Crippen MR) is 101 cm³/mol. The number of nitrogens with zero attached hydrogens (tertiary/aromatic N) is 2. The summed E-state index contributed by atoms with van der Waals surface area (Å²) in [6.45, 7) is 4.35. The van der Waals surface area contributed by atoms with Crippen molar-refractivity contribution >= 4 is 0 Å². The van der Waals surface area contributed by atoms with Gasteiger partial charge in [0.25, 0.3) is 6.33 Å². The average molecular weight is 324 g/mol. The number of imidazole rings is 1. The lowest BCUT2D eigenvalue weighted by molar-refractivity contribution is -0.599. The molecule has 4 aromatic rings. The summed E-state index contributed by atoms with van der Waals surface area (Å²) in [5.74, 6) is 0. The summed E-state index contributed by atoms with van der Waals surface area (Å²) in [5.41, 5.74) is 7.36. The Bertz CT molecular complexity index is 976. The summed E-state index contributed by atoms with van der Waals surface area (Å²) in [5, 5.41) is 0. The van der Waals surface area contributed by atoms with Crippen molar-refractivity contribution in [2.45, 2.75) is 13.8 Å². The Labute approximate surface area is 148 Å². The van der Waals surface area contributed by atoms with Gasteiger partial charge in [0.1, 0.15) is 0 Å². The molecule has 25 heavy (non-hydrogen) atoms. The van der Waals surface area contributed by atoms with Crippen molar-refractivity contribution in [2.24, 2.45) is 0 Å². The third-order valence-electron chi connectivity index (χ3n) is 4.47. The third-order valence-corrected chi connectivity index (χ3v) is 4.47. The van der Waals surface area contributed by atoms with Crippen LogP contribution in [0.2, 0.25) is 0 Å². The summed E-state index contributed by atoms with van der Waals surface area (Å²) in [4.78, 5) is 0. The van der Waals surface area contributed by atoms with E-state index in [0.717, 1.165) is 11.4 Å². The van der Waals surface area contributed by atoms with E-state index in [1.807, 2.05) is 39.7 Å². The quantitative estimate of drug-likeness (QED) is 0.377. The standard InChI is InChI=1S/C23H20N2/c1-18-15-22(16-19(2)23(18)20-9-5-3-6-10-20)25-14-13-24(17-25)21-11-7-4-8-12-21/h3-16H,1-2H3. The van der Waals surface area contributed by atoms with Crippen molar-refractivity contribution in [3.05, 3.63) is 103 Å². The maximum Gasteiger partial charge on any atom is 0.268 e. The number of rotatable bonds is 3. The minimum absolute atomic E-state index is 1.11. The molecule has 1 aromatic heterocycles. The minimum atomic E-state index is 1.11. The minimum Gasteiger partial charge on any atom is -0.299 e. The van der Waals surface area contributed by atoms with Crippen LogP contribution in [0.4, 0.5) is 0 Å². The first-order chi connectivity index (χ1) is 12.2. The van der Waals surface area contributed by atoms with Crippen LogP contribution in [0.1, 0.15) is 11.1 Å². The second-order valence-electron chi connectivity index (χ2n) is 6.29. The Morgan fingerprint density at radius 1 is 0.800 bits per heavy atom. The van der Waals surface area contributed by atoms with Crippen LogP contribution < -0.4 is 4.57 Å². The molecule has 0 unspecified atom stereocenters. The van der Waals surface area contributed by atoms with Gasteiger partial charge in [0, 0.05) is 12.4 Å². The Hall–Kier alpha value is -3.13. The molecule has 0 saturated heterocycles. The summed E-state index contributed by atoms with van der Waals surface area (Å²) in [7, 11) is 0. The van der Waals surface area contributed by atoms with Gasteiger partial charge in [-0.25, -0.2) is 0 Å². The predicted octanol–water partition coefficient (Wildman–Crippen LogP) is 4.84. The lowest BCUT2D eigenvalue weighted by Gasteiger charge is -2.13. The fraction of sp³-hybridized carbons (Fsp3) is 0.0870. The van der Waals surface area contributed by atoms with Crippen molar-refractivity contribution in [1.82, 2.24) is 4.57 Å². The van der Waals surface area contributed by atoms with Crippen molar-refractivity contribution in [3.8, 4) is 22.5 Å². The molecular weight excluding hydrogens is 304 g/mol. The number of para-hydroxylation sites is 1. The van der Waals surface area contributed by atoms with Gasteiger partial charge in [0.15, 0.2) is 0 Å². The number of aromatic nitrogens is 2. The highest BCUT2D eigenvalue weighted by Crippen LogP contribution is 2.29. The molecule has 0 bridgehead atoms. The largest absolute Gasteiger partial charge is 0.299 e. The highest BCUT2D eigenvalue weighted by molar-refractivity contribution is 5.72. The molecule has 2 heteroatoms. The van der Waals surface area contributed by atoms with Gasteiger partial charge in [-0.1, -0.05) is 48.5 Å². The van der Waals surface area contributed by atoms with E-state index in [4.69, 9.17) is 0 Å². The molecule has 1 heterocycles. The maximum atomic E-state index is 3.39. The van der Waals surface area contributed by atoms with Crippen LogP contribution in [-0.4, -0.2) is 4.57 Å². The molecule has 0 fully saturated rings. The first-order valence-corrected chi connectivity index (χ1v) is 8.47. The van der Waals surface area contributed by atoms with Crippen LogP contribution in [0, 0.1) is 20.2 Å². The first-order valence-electron chi connectivity index (χ1n) is 8.47. The van der Waals surface area contributed by atoms with E-state index in [2.05, 4.69) is 74.8 Å². The number of hydrogen-bond acceptors (Lipinski definition) is 0. The highest BCUT2D eigenvalue weighted by atomic mass is 15.1. The van der Waals surface area contributed by atoms with E-state index in [1.54, 1.807) is 0 Å². The molecule has 4 rings (SSSR count). The Kier molecular flexibility index (Phi) is 3.95. The monoisotopic (exact) mass is 324 g/mol. The van der Waals surface area contributed by atoms with Crippen LogP contribution in [0.15, 0.2) is 85.2 Å². The van der Waals surface area contributed by atoms with Gasteiger partial charge in [-0.2, -0.15) is 0 Å². The molecular formula is C23H20N2. The molecule has 0 saturated carbocycles. The van der Waals surface area contributed by atoms with E-state index in [0.29, 0.717) is 0 Å². The van der Waals surface area contributed by atoms with Gasteiger partial charge in [-0.3, -0.25) is 9.13 Å².